The van der Waals surface area contributed by atoms with Gasteiger partial charge in [0.05, 0.1) is 6.10 Å². The van der Waals surface area contributed by atoms with Crippen LogP contribution in [0.3, 0.4) is 0 Å². The number of hydrogen-bond donors (Lipinski definition) is 2. The highest BCUT2D eigenvalue weighted by Crippen LogP contribution is 2.38. The van der Waals surface area contributed by atoms with Gasteiger partial charge < -0.3 is 14.9 Å². The standard InChI is InChI=1S/C22H32N2O3/c1-14-10-16-6-3-4-7-17(16)11-24(14)12-21(26)19-13-27-22(23-19)18-8-5-9-20(25)15(18)2/h5,8-9,14,16-17,19,21,25-26H,3-4,6-7,10-13H2,1-2H3/t14-,16+,17-,19+,21-/m1/s1. The third-order valence-corrected chi connectivity index (χ3v) is 6.88. The number of nitrogens with zero attached hydrogens (tertiary/aromatic N) is 2. The molecule has 2 fully saturated rings. The van der Waals surface area contributed by atoms with Crippen LogP contribution in [0.1, 0.15) is 50.2 Å². The van der Waals surface area contributed by atoms with E-state index in [1.165, 1.54) is 32.1 Å². The number of rotatable bonds is 4. The van der Waals surface area contributed by atoms with Gasteiger partial charge in [0.15, 0.2) is 0 Å². The van der Waals surface area contributed by atoms with Crippen molar-refractivity contribution in [2.75, 3.05) is 19.7 Å². The number of fused-ring (bicyclic) bond motifs is 1. The van der Waals surface area contributed by atoms with Crippen LogP contribution in [0.5, 0.6) is 5.75 Å². The maximum Gasteiger partial charge on any atom is 0.217 e. The van der Waals surface area contributed by atoms with Gasteiger partial charge in [-0.15, -0.1) is 0 Å². The molecule has 5 atom stereocenters. The van der Waals surface area contributed by atoms with E-state index in [0.29, 0.717) is 25.1 Å². The smallest absolute Gasteiger partial charge is 0.217 e. The van der Waals surface area contributed by atoms with Crippen LogP contribution in [0.15, 0.2) is 23.2 Å². The number of benzene rings is 1. The molecule has 1 aromatic carbocycles. The second-order valence-electron chi connectivity index (χ2n) is 8.67. The number of ether oxygens (including phenoxy) is 1. The van der Waals surface area contributed by atoms with Gasteiger partial charge in [-0.2, -0.15) is 0 Å². The molecule has 0 unspecified atom stereocenters. The van der Waals surface area contributed by atoms with Crippen molar-refractivity contribution < 1.29 is 14.9 Å². The third-order valence-electron chi connectivity index (χ3n) is 6.88. The number of aliphatic hydroxyl groups excluding tert-OH is 1. The van der Waals surface area contributed by atoms with Crippen molar-refractivity contribution in [2.45, 2.75) is 64.1 Å². The van der Waals surface area contributed by atoms with E-state index >= 15 is 0 Å². The minimum Gasteiger partial charge on any atom is -0.508 e. The molecule has 5 heteroatoms. The first-order valence-corrected chi connectivity index (χ1v) is 10.4. The van der Waals surface area contributed by atoms with Crippen LogP contribution in [-0.4, -0.2) is 58.9 Å². The lowest BCUT2D eigenvalue weighted by Gasteiger charge is -2.45. The number of likely N-dealkylation sites (tertiary alicyclic amines) is 1. The zero-order valence-electron chi connectivity index (χ0n) is 16.5. The summed E-state index contributed by atoms with van der Waals surface area (Å²) in [4.78, 5) is 7.10. The average molecular weight is 373 g/mol. The highest BCUT2D eigenvalue weighted by Gasteiger charge is 2.37. The van der Waals surface area contributed by atoms with Crippen LogP contribution in [0, 0.1) is 18.8 Å². The van der Waals surface area contributed by atoms with Gasteiger partial charge >= 0.3 is 0 Å². The quantitative estimate of drug-likeness (QED) is 0.852. The maximum absolute atomic E-state index is 10.8. The third kappa shape index (κ3) is 3.85. The molecule has 0 bridgehead atoms. The van der Waals surface area contributed by atoms with Gasteiger partial charge in [-0.1, -0.05) is 25.3 Å². The van der Waals surface area contributed by atoms with Crippen LogP contribution in [-0.2, 0) is 4.74 Å². The maximum atomic E-state index is 10.8. The van der Waals surface area contributed by atoms with E-state index in [4.69, 9.17) is 4.74 Å². The van der Waals surface area contributed by atoms with Gasteiger partial charge in [0.1, 0.15) is 18.4 Å². The highest BCUT2D eigenvalue weighted by atomic mass is 16.5. The lowest BCUT2D eigenvalue weighted by Crippen LogP contribution is -2.51. The number of β-amino-alcohol motifs (C(OH)–C–C–N with tert-alkyl or cyclic N) is 1. The van der Waals surface area contributed by atoms with Crippen molar-refractivity contribution >= 4 is 5.90 Å². The minimum absolute atomic E-state index is 0.238. The molecular weight excluding hydrogens is 340 g/mol. The Hall–Kier alpha value is -1.59. The van der Waals surface area contributed by atoms with Crippen molar-refractivity contribution in [1.29, 1.82) is 0 Å². The van der Waals surface area contributed by atoms with Crippen LogP contribution < -0.4 is 0 Å². The minimum atomic E-state index is -0.525. The van der Waals surface area contributed by atoms with E-state index in [9.17, 15) is 10.2 Å². The van der Waals surface area contributed by atoms with Crippen molar-refractivity contribution in [2.24, 2.45) is 16.8 Å². The fourth-order valence-electron chi connectivity index (χ4n) is 5.11. The summed E-state index contributed by atoms with van der Waals surface area (Å²) in [6, 6.07) is 5.65. The summed E-state index contributed by atoms with van der Waals surface area (Å²) in [5.41, 5.74) is 1.57. The fourth-order valence-corrected chi connectivity index (χ4v) is 5.11. The predicted molar refractivity (Wildman–Crippen MR) is 106 cm³/mol. The number of aromatic hydroxyl groups is 1. The Balaban J connectivity index is 1.40. The number of aliphatic imine (C=N–C) groups is 1. The highest BCUT2D eigenvalue weighted by molar-refractivity contribution is 5.97. The van der Waals surface area contributed by atoms with Crippen molar-refractivity contribution in [3.63, 3.8) is 0 Å². The lowest BCUT2D eigenvalue weighted by atomic mass is 9.73. The zero-order chi connectivity index (χ0) is 19.0. The summed E-state index contributed by atoms with van der Waals surface area (Å²) in [7, 11) is 0. The zero-order valence-corrected chi connectivity index (χ0v) is 16.5. The SMILES string of the molecule is Cc1c(O)cccc1C1=N[C@H]([C@H](O)CN2C[C@H]3CCCC[C@H]3C[C@H]2C)CO1. The van der Waals surface area contributed by atoms with Gasteiger partial charge in [0.25, 0.3) is 0 Å². The fraction of sp³-hybridized carbons (Fsp3) is 0.682. The second-order valence-corrected chi connectivity index (χ2v) is 8.67. The lowest BCUT2D eigenvalue weighted by molar-refractivity contribution is 0.00538. The van der Waals surface area contributed by atoms with Crippen LogP contribution in [0.25, 0.3) is 0 Å². The summed E-state index contributed by atoms with van der Waals surface area (Å²) >= 11 is 0. The first kappa shape index (κ1) is 18.8. The van der Waals surface area contributed by atoms with E-state index in [-0.39, 0.29) is 11.8 Å². The van der Waals surface area contributed by atoms with Crippen LogP contribution in [0.4, 0.5) is 0 Å². The van der Waals surface area contributed by atoms with Gasteiger partial charge in [0.2, 0.25) is 5.90 Å². The Morgan fingerprint density at radius 1 is 1.26 bits per heavy atom. The number of phenolic OH excluding ortho intramolecular Hbond substituents is 1. The monoisotopic (exact) mass is 372 g/mol. The number of hydrogen-bond acceptors (Lipinski definition) is 5. The Morgan fingerprint density at radius 3 is 2.85 bits per heavy atom. The molecule has 0 aromatic heterocycles. The molecule has 1 aromatic rings. The normalized spacial score (nSPS) is 32.5. The average Bonchev–Trinajstić information content (AvgIpc) is 3.14. The molecule has 1 saturated heterocycles. The summed E-state index contributed by atoms with van der Waals surface area (Å²) in [6.45, 7) is 6.33. The molecule has 2 N–H and O–H groups in total. The summed E-state index contributed by atoms with van der Waals surface area (Å²) in [6.07, 6.45) is 6.22. The van der Waals surface area contributed by atoms with Crippen LogP contribution >= 0.6 is 0 Å². The molecule has 27 heavy (non-hydrogen) atoms. The Morgan fingerprint density at radius 2 is 2.04 bits per heavy atom. The largest absolute Gasteiger partial charge is 0.508 e. The topological polar surface area (TPSA) is 65.3 Å². The van der Waals surface area contributed by atoms with Gasteiger partial charge in [-0.05, 0) is 50.7 Å². The molecule has 4 rings (SSSR count). The number of piperidine rings is 1. The second kappa shape index (κ2) is 7.80. The van der Waals surface area contributed by atoms with Crippen LogP contribution in [0.2, 0.25) is 0 Å². The summed E-state index contributed by atoms with van der Waals surface area (Å²) in [5.74, 6) is 2.46. The van der Waals surface area contributed by atoms with E-state index < -0.39 is 6.10 Å². The molecule has 0 radical (unpaired) electrons. The van der Waals surface area contributed by atoms with E-state index in [2.05, 4.69) is 16.8 Å². The van der Waals surface area contributed by atoms with Crippen molar-refractivity contribution in [1.82, 2.24) is 4.90 Å². The number of aliphatic hydroxyl groups is 1. The molecule has 2 aliphatic heterocycles. The van der Waals surface area contributed by atoms with E-state index in [0.717, 1.165) is 29.5 Å². The van der Waals surface area contributed by atoms with Gasteiger partial charge in [-0.25, -0.2) is 4.99 Å². The summed E-state index contributed by atoms with van der Waals surface area (Å²) < 4.78 is 5.77. The van der Waals surface area contributed by atoms with Crippen molar-refractivity contribution in [3.8, 4) is 5.75 Å². The molecule has 0 spiro atoms. The Kier molecular flexibility index (Phi) is 5.42. The summed E-state index contributed by atoms with van der Waals surface area (Å²) in [5, 5.41) is 20.7. The molecule has 0 amide bonds. The molecule has 1 aliphatic carbocycles. The first-order valence-electron chi connectivity index (χ1n) is 10.4. The molecule has 3 aliphatic rings. The molecule has 1 saturated carbocycles. The number of phenols is 1. The van der Waals surface area contributed by atoms with Gasteiger partial charge in [-0.3, -0.25) is 4.90 Å². The van der Waals surface area contributed by atoms with Crippen molar-refractivity contribution in [3.05, 3.63) is 29.3 Å². The molecular formula is C22H32N2O3. The molecule has 2 heterocycles. The molecule has 5 nitrogen and oxygen atoms in total. The van der Waals surface area contributed by atoms with Gasteiger partial charge in [0, 0.05) is 30.3 Å². The van der Waals surface area contributed by atoms with E-state index in [1.807, 2.05) is 13.0 Å². The predicted octanol–water partition coefficient (Wildman–Crippen LogP) is 3.11. The molecule has 148 valence electrons. The first-order chi connectivity index (χ1) is 13.0. The van der Waals surface area contributed by atoms with E-state index in [1.54, 1.807) is 12.1 Å². The Labute approximate surface area is 162 Å². The Bertz CT molecular complexity index is 705.